The number of fused-ring (bicyclic) bond motifs is 1. The van der Waals surface area contributed by atoms with Crippen molar-refractivity contribution < 1.29 is 19.2 Å². The molecule has 4 amide bonds. The van der Waals surface area contributed by atoms with E-state index < -0.39 is 11.6 Å². The second kappa shape index (κ2) is 10.5. The lowest BCUT2D eigenvalue weighted by Gasteiger charge is -2.32. The Bertz CT molecular complexity index is 992. The Kier molecular flexibility index (Phi) is 8.09. The highest BCUT2D eigenvalue weighted by atomic mass is 35.5. The van der Waals surface area contributed by atoms with Crippen LogP contribution in [0.15, 0.2) is 30.4 Å². The minimum atomic E-state index is -0.780. The Morgan fingerprint density at radius 3 is 2.21 bits per heavy atom. The Balaban J connectivity index is 1.75. The molecule has 2 aliphatic rings. The zero-order valence-electron chi connectivity index (χ0n) is 19.9. The SMILES string of the molecule is CC(C(=O)NC(C)(C)C)N(Cc1ccc(Cl)c(Cl)c1)C(=O)CCN1C(=O)[C@H]2CC=CC[C@H]2C1=O. The smallest absolute Gasteiger partial charge is 0.242 e. The number of carbonyl (C=O) groups is 4. The molecule has 3 rings (SSSR count). The summed E-state index contributed by atoms with van der Waals surface area (Å²) in [7, 11) is 0. The van der Waals surface area contributed by atoms with Gasteiger partial charge >= 0.3 is 0 Å². The van der Waals surface area contributed by atoms with Crippen LogP contribution in [0.3, 0.4) is 0 Å². The molecule has 0 spiro atoms. The number of nitrogens with zero attached hydrogens (tertiary/aromatic N) is 2. The molecule has 1 unspecified atom stereocenters. The van der Waals surface area contributed by atoms with Gasteiger partial charge in [-0.3, -0.25) is 24.1 Å². The van der Waals surface area contributed by atoms with E-state index in [1.807, 2.05) is 32.9 Å². The van der Waals surface area contributed by atoms with E-state index in [9.17, 15) is 19.2 Å². The van der Waals surface area contributed by atoms with Gasteiger partial charge in [-0.05, 0) is 58.2 Å². The molecule has 0 saturated carbocycles. The Labute approximate surface area is 210 Å². The van der Waals surface area contributed by atoms with E-state index in [1.165, 1.54) is 9.80 Å². The lowest BCUT2D eigenvalue weighted by Crippen LogP contribution is -2.52. The molecule has 184 valence electrons. The zero-order chi connectivity index (χ0) is 25.2. The molecule has 0 bridgehead atoms. The van der Waals surface area contributed by atoms with Crippen molar-refractivity contribution in [2.24, 2.45) is 11.8 Å². The highest BCUT2D eigenvalue weighted by Crippen LogP contribution is 2.35. The first-order valence-electron chi connectivity index (χ1n) is 11.4. The van der Waals surface area contributed by atoms with Crippen LogP contribution >= 0.6 is 23.2 Å². The molecule has 1 aliphatic heterocycles. The average molecular weight is 508 g/mol. The van der Waals surface area contributed by atoms with Crippen molar-refractivity contribution in [2.75, 3.05) is 6.54 Å². The molecular formula is C25H31Cl2N3O4. The number of halogens is 2. The van der Waals surface area contributed by atoms with Crippen molar-refractivity contribution in [1.82, 2.24) is 15.1 Å². The lowest BCUT2D eigenvalue weighted by atomic mass is 9.85. The summed E-state index contributed by atoms with van der Waals surface area (Å²) >= 11 is 12.2. The van der Waals surface area contributed by atoms with E-state index in [1.54, 1.807) is 25.1 Å². The molecule has 34 heavy (non-hydrogen) atoms. The fraction of sp³-hybridized carbons (Fsp3) is 0.520. The third-order valence-corrected chi connectivity index (χ3v) is 6.89. The average Bonchev–Trinajstić information content (AvgIpc) is 3.01. The van der Waals surface area contributed by atoms with Gasteiger partial charge in [-0.2, -0.15) is 0 Å². The lowest BCUT2D eigenvalue weighted by molar-refractivity contribution is -0.144. The van der Waals surface area contributed by atoms with Crippen LogP contribution in [0.5, 0.6) is 0 Å². The molecule has 1 saturated heterocycles. The molecule has 1 heterocycles. The van der Waals surface area contributed by atoms with Crippen molar-refractivity contribution in [3.63, 3.8) is 0 Å². The number of carbonyl (C=O) groups excluding carboxylic acids is 4. The van der Waals surface area contributed by atoms with Crippen molar-refractivity contribution in [3.8, 4) is 0 Å². The number of rotatable bonds is 7. The fourth-order valence-corrected chi connectivity index (χ4v) is 4.65. The number of amides is 4. The third kappa shape index (κ3) is 5.99. The summed E-state index contributed by atoms with van der Waals surface area (Å²) in [6.45, 7) is 7.37. The maximum absolute atomic E-state index is 13.3. The third-order valence-electron chi connectivity index (χ3n) is 6.15. The molecule has 0 radical (unpaired) electrons. The zero-order valence-corrected chi connectivity index (χ0v) is 21.4. The van der Waals surface area contributed by atoms with Crippen LogP contribution in [0, 0.1) is 11.8 Å². The number of hydrogen-bond acceptors (Lipinski definition) is 4. The first kappa shape index (κ1) is 26.2. The summed E-state index contributed by atoms with van der Waals surface area (Å²) in [6, 6.07) is 4.26. The van der Waals surface area contributed by atoms with Crippen LogP contribution in [0.2, 0.25) is 10.0 Å². The van der Waals surface area contributed by atoms with Gasteiger partial charge in [0.1, 0.15) is 6.04 Å². The van der Waals surface area contributed by atoms with Crippen molar-refractivity contribution in [2.45, 2.75) is 65.1 Å². The number of likely N-dealkylation sites (tertiary alicyclic amines) is 1. The van der Waals surface area contributed by atoms with Crippen LogP contribution in [-0.4, -0.2) is 51.6 Å². The summed E-state index contributed by atoms with van der Waals surface area (Å²) < 4.78 is 0. The molecule has 9 heteroatoms. The maximum atomic E-state index is 13.3. The summed E-state index contributed by atoms with van der Waals surface area (Å²) in [4.78, 5) is 54.3. The Hall–Kier alpha value is -2.38. The molecule has 1 N–H and O–H groups in total. The van der Waals surface area contributed by atoms with Crippen LogP contribution < -0.4 is 5.32 Å². The second-order valence-corrected chi connectivity index (χ2v) is 10.7. The molecule has 1 fully saturated rings. The van der Waals surface area contributed by atoms with Crippen molar-refractivity contribution in [1.29, 1.82) is 0 Å². The number of hydrogen-bond donors (Lipinski definition) is 1. The van der Waals surface area contributed by atoms with Gasteiger partial charge in [-0.15, -0.1) is 0 Å². The Morgan fingerprint density at radius 2 is 1.68 bits per heavy atom. The van der Waals surface area contributed by atoms with Gasteiger partial charge in [0.05, 0.1) is 21.9 Å². The largest absolute Gasteiger partial charge is 0.350 e. The van der Waals surface area contributed by atoms with Crippen molar-refractivity contribution in [3.05, 3.63) is 46.0 Å². The highest BCUT2D eigenvalue weighted by Gasteiger charge is 2.47. The highest BCUT2D eigenvalue weighted by molar-refractivity contribution is 6.42. The molecule has 3 atom stereocenters. The molecular weight excluding hydrogens is 477 g/mol. The van der Waals surface area contributed by atoms with Crippen LogP contribution in [0.4, 0.5) is 0 Å². The predicted octanol–water partition coefficient (Wildman–Crippen LogP) is 3.97. The van der Waals surface area contributed by atoms with E-state index in [0.717, 1.165) is 0 Å². The minimum Gasteiger partial charge on any atom is -0.350 e. The Morgan fingerprint density at radius 1 is 1.09 bits per heavy atom. The minimum absolute atomic E-state index is 0.00498. The number of allylic oxidation sites excluding steroid dienone is 2. The quantitative estimate of drug-likeness (QED) is 0.446. The standard InChI is InChI=1S/C25H31Cl2N3O4/c1-15(22(32)28-25(2,3)4)30(14-16-9-10-19(26)20(27)13-16)21(31)11-12-29-23(33)17-7-5-6-8-18(17)24(29)34/h5-6,9-10,13,15,17-18H,7-8,11-12,14H2,1-4H3,(H,28,32)/t15?,17-,18+. The molecule has 1 aromatic rings. The van der Waals surface area contributed by atoms with Crippen LogP contribution in [-0.2, 0) is 25.7 Å². The van der Waals surface area contributed by atoms with Gasteiger partial charge in [0, 0.05) is 25.0 Å². The summed E-state index contributed by atoms with van der Waals surface area (Å²) in [6.07, 6.45) is 4.88. The second-order valence-electron chi connectivity index (χ2n) is 9.92. The number of nitrogens with one attached hydrogen (secondary N) is 1. The summed E-state index contributed by atoms with van der Waals surface area (Å²) in [5, 5.41) is 3.64. The summed E-state index contributed by atoms with van der Waals surface area (Å²) in [5.74, 6) is -1.75. The van der Waals surface area contributed by atoms with E-state index in [2.05, 4.69) is 5.32 Å². The predicted molar refractivity (Wildman–Crippen MR) is 131 cm³/mol. The fourth-order valence-electron chi connectivity index (χ4n) is 4.33. The molecule has 1 aliphatic carbocycles. The number of imide groups is 1. The van der Waals surface area contributed by atoms with Gasteiger partial charge in [0.15, 0.2) is 0 Å². The first-order valence-corrected chi connectivity index (χ1v) is 12.2. The van der Waals surface area contributed by atoms with E-state index in [-0.39, 0.29) is 55.0 Å². The normalized spacial score (nSPS) is 20.8. The van der Waals surface area contributed by atoms with Crippen LogP contribution in [0.25, 0.3) is 0 Å². The van der Waals surface area contributed by atoms with E-state index in [0.29, 0.717) is 28.5 Å². The van der Waals surface area contributed by atoms with E-state index >= 15 is 0 Å². The van der Waals surface area contributed by atoms with Gasteiger partial charge in [0.2, 0.25) is 23.6 Å². The van der Waals surface area contributed by atoms with Crippen LogP contribution in [0.1, 0.15) is 52.5 Å². The summed E-state index contributed by atoms with van der Waals surface area (Å²) in [5.41, 5.74) is 0.242. The number of benzene rings is 1. The van der Waals surface area contributed by atoms with E-state index in [4.69, 9.17) is 23.2 Å². The van der Waals surface area contributed by atoms with Gasteiger partial charge in [0.25, 0.3) is 0 Å². The topological polar surface area (TPSA) is 86.8 Å². The van der Waals surface area contributed by atoms with Crippen molar-refractivity contribution >= 4 is 46.8 Å². The molecule has 1 aromatic carbocycles. The van der Waals surface area contributed by atoms with Gasteiger partial charge in [-0.25, -0.2) is 0 Å². The molecule has 0 aromatic heterocycles. The first-order chi connectivity index (χ1) is 15.9. The maximum Gasteiger partial charge on any atom is 0.242 e. The molecule has 7 nitrogen and oxygen atoms in total. The monoisotopic (exact) mass is 507 g/mol. The van der Waals surface area contributed by atoms with Gasteiger partial charge < -0.3 is 10.2 Å². The van der Waals surface area contributed by atoms with Gasteiger partial charge in [-0.1, -0.05) is 41.4 Å².